The number of hydrogen-bond donors (Lipinski definition) is 0. The van der Waals surface area contributed by atoms with E-state index in [1.165, 1.54) is 5.69 Å². The summed E-state index contributed by atoms with van der Waals surface area (Å²) in [4.78, 5) is 11.4. The van der Waals surface area contributed by atoms with Gasteiger partial charge in [0.1, 0.15) is 5.82 Å². The normalized spacial score (nSPS) is 14.9. The summed E-state index contributed by atoms with van der Waals surface area (Å²) >= 11 is 6.15. The van der Waals surface area contributed by atoms with E-state index in [0.29, 0.717) is 5.02 Å². The van der Waals surface area contributed by atoms with E-state index in [1.54, 1.807) is 6.20 Å². The van der Waals surface area contributed by atoms with Gasteiger partial charge in [0.25, 0.3) is 0 Å². The Labute approximate surface area is 180 Å². The molecule has 4 aromatic rings. The lowest BCUT2D eigenvalue weighted by atomic mass is 10.2. The Kier molecular flexibility index (Phi) is 5.02. The first-order valence-electron chi connectivity index (χ1n) is 10.1. The predicted molar refractivity (Wildman–Crippen MR) is 122 cm³/mol. The first kappa shape index (κ1) is 18.9. The molecule has 7 heteroatoms. The number of nitrogens with zero attached hydrogens (tertiary/aromatic N) is 6. The molecule has 5 rings (SSSR count). The molecule has 0 spiro atoms. The van der Waals surface area contributed by atoms with Crippen molar-refractivity contribution < 1.29 is 0 Å². The average molecular weight is 419 g/mol. The van der Waals surface area contributed by atoms with Crippen LogP contribution in [0.1, 0.15) is 0 Å². The summed E-state index contributed by atoms with van der Waals surface area (Å²) < 4.78 is 1.85. The fourth-order valence-electron chi connectivity index (χ4n) is 3.87. The van der Waals surface area contributed by atoms with Crippen LogP contribution in [0, 0.1) is 0 Å². The molecule has 0 unspecified atom stereocenters. The third-order valence-corrected chi connectivity index (χ3v) is 5.81. The van der Waals surface area contributed by atoms with Crippen LogP contribution in [-0.2, 0) is 0 Å². The van der Waals surface area contributed by atoms with Crippen LogP contribution < -0.4 is 9.80 Å². The second-order valence-electron chi connectivity index (χ2n) is 7.52. The molecule has 0 aliphatic carbocycles. The number of likely N-dealkylation sites (N-methyl/N-ethyl adjacent to an activating group) is 1. The number of rotatable bonds is 4. The molecule has 2 aromatic carbocycles. The van der Waals surface area contributed by atoms with Crippen molar-refractivity contribution >= 4 is 40.1 Å². The summed E-state index contributed by atoms with van der Waals surface area (Å²) in [6.45, 7) is 4.28. The van der Waals surface area contributed by atoms with Crippen molar-refractivity contribution in [3.05, 3.63) is 78.1 Å². The highest BCUT2D eigenvalue weighted by atomic mass is 35.5. The summed E-state index contributed by atoms with van der Waals surface area (Å²) in [6, 6.07) is 20.5. The maximum Gasteiger partial charge on any atom is 0.157 e. The van der Waals surface area contributed by atoms with Crippen LogP contribution in [0.5, 0.6) is 0 Å². The highest BCUT2D eigenvalue weighted by Crippen LogP contribution is 2.35. The topological polar surface area (TPSA) is 39.9 Å². The van der Waals surface area contributed by atoms with E-state index in [9.17, 15) is 0 Å². The van der Waals surface area contributed by atoms with Crippen molar-refractivity contribution in [2.45, 2.75) is 0 Å². The molecule has 2 aromatic heterocycles. The maximum atomic E-state index is 6.15. The SMILES string of the molecule is CN1CCN(c2ccc(N(c3ccc(Cl)cc3)c3ccnc4ccnn34)cc2)CC1. The molecule has 1 fully saturated rings. The number of halogens is 1. The number of benzene rings is 2. The van der Waals surface area contributed by atoms with Crippen molar-refractivity contribution in [2.24, 2.45) is 0 Å². The Morgan fingerprint density at radius 2 is 1.47 bits per heavy atom. The van der Waals surface area contributed by atoms with Gasteiger partial charge in [-0.1, -0.05) is 11.6 Å². The third kappa shape index (κ3) is 3.60. The molecule has 1 aliphatic heterocycles. The van der Waals surface area contributed by atoms with E-state index in [1.807, 2.05) is 47.1 Å². The van der Waals surface area contributed by atoms with E-state index in [2.05, 4.69) is 56.1 Å². The van der Waals surface area contributed by atoms with E-state index in [-0.39, 0.29) is 0 Å². The Morgan fingerprint density at radius 1 is 0.800 bits per heavy atom. The summed E-state index contributed by atoms with van der Waals surface area (Å²) in [5.41, 5.74) is 4.12. The van der Waals surface area contributed by atoms with Gasteiger partial charge in [-0.05, 0) is 61.6 Å². The summed E-state index contributed by atoms with van der Waals surface area (Å²) in [5.74, 6) is 0.916. The molecular weight excluding hydrogens is 396 g/mol. The van der Waals surface area contributed by atoms with Gasteiger partial charge in [0.05, 0.1) is 6.20 Å². The van der Waals surface area contributed by atoms with Crippen molar-refractivity contribution in [3.8, 4) is 0 Å². The van der Waals surface area contributed by atoms with Crippen molar-refractivity contribution in [1.29, 1.82) is 0 Å². The Bertz CT molecular complexity index is 1130. The number of hydrogen-bond acceptors (Lipinski definition) is 5. The second-order valence-corrected chi connectivity index (χ2v) is 7.96. The quantitative estimate of drug-likeness (QED) is 0.484. The zero-order chi connectivity index (χ0) is 20.5. The minimum Gasteiger partial charge on any atom is -0.369 e. The van der Waals surface area contributed by atoms with E-state index >= 15 is 0 Å². The molecule has 0 N–H and O–H groups in total. The molecule has 6 nitrogen and oxygen atoms in total. The molecule has 152 valence electrons. The molecule has 0 saturated carbocycles. The smallest absolute Gasteiger partial charge is 0.157 e. The first-order chi connectivity index (χ1) is 14.7. The minimum atomic E-state index is 0.711. The van der Waals surface area contributed by atoms with Crippen LogP contribution in [-0.4, -0.2) is 52.7 Å². The molecule has 0 atom stereocenters. The largest absolute Gasteiger partial charge is 0.369 e. The van der Waals surface area contributed by atoms with Gasteiger partial charge < -0.3 is 9.80 Å². The molecule has 0 radical (unpaired) electrons. The summed E-state index contributed by atoms with van der Waals surface area (Å²) in [7, 11) is 2.18. The number of fused-ring (bicyclic) bond motifs is 1. The molecule has 30 heavy (non-hydrogen) atoms. The third-order valence-electron chi connectivity index (χ3n) is 5.56. The first-order valence-corrected chi connectivity index (χ1v) is 10.4. The van der Waals surface area contributed by atoms with Crippen LogP contribution >= 0.6 is 11.6 Å². The molecule has 0 amide bonds. The van der Waals surface area contributed by atoms with Crippen molar-refractivity contribution in [3.63, 3.8) is 0 Å². The van der Waals surface area contributed by atoms with Gasteiger partial charge in [-0.3, -0.25) is 4.90 Å². The van der Waals surface area contributed by atoms with Gasteiger partial charge in [0.15, 0.2) is 5.65 Å². The van der Waals surface area contributed by atoms with Gasteiger partial charge in [-0.2, -0.15) is 9.61 Å². The molecule has 1 saturated heterocycles. The molecule has 0 bridgehead atoms. The van der Waals surface area contributed by atoms with Gasteiger partial charge in [0.2, 0.25) is 0 Å². The van der Waals surface area contributed by atoms with Crippen molar-refractivity contribution in [2.75, 3.05) is 43.0 Å². The Balaban J connectivity index is 1.55. The standard InChI is InChI=1S/C23H23ClN6/c1-27-14-16-28(17-15-27)19-6-8-21(9-7-19)29(20-4-2-18(24)3-5-20)23-11-12-25-22-10-13-26-30(22)23/h2-13H,14-17H2,1H3. The van der Waals surface area contributed by atoms with Crippen LogP contribution in [0.2, 0.25) is 5.02 Å². The summed E-state index contributed by atoms with van der Waals surface area (Å²) in [6.07, 6.45) is 3.58. The highest BCUT2D eigenvalue weighted by molar-refractivity contribution is 6.30. The predicted octanol–water partition coefficient (Wildman–Crippen LogP) is 4.60. The number of anilines is 4. The summed E-state index contributed by atoms with van der Waals surface area (Å²) in [5, 5.41) is 5.19. The second kappa shape index (κ2) is 7.97. The van der Waals surface area contributed by atoms with Crippen LogP contribution in [0.3, 0.4) is 0 Å². The fraction of sp³-hybridized carbons (Fsp3) is 0.217. The number of piperazine rings is 1. The zero-order valence-electron chi connectivity index (χ0n) is 16.8. The van der Waals surface area contributed by atoms with Gasteiger partial charge in [-0.25, -0.2) is 4.98 Å². The zero-order valence-corrected chi connectivity index (χ0v) is 17.6. The molecular formula is C23H23ClN6. The average Bonchev–Trinajstić information content (AvgIpc) is 3.26. The lowest BCUT2D eigenvalue weighted by Gasteiger charge is -2.34. The van der Waals surface area contributed by atoms with Crippen molar-refractivity contribution in [1.82, 2.24) is 19.5 Å². The fourth-order valence-corrected chi connectivity index (χ4v) is 4.00. The Hall–Kier alpha value is -3.09. The monoisotopic (exact) mass is 418 g/mol. The van der Waals surface area contributed by atoms with Crippen LogP contribution in [0.15, 0.2) is 73.1 Å². The highest BCUT2D eigenvalue weighted by Gasteiger charge is 2.18. The lowest BCUT2D eigenvalue weighted by Crippen LogP contribution is -2.44. The lowest BCUT2D eigenvalue weighted by molar-refractivity contribution is 0.313. The van der Waals surface area contributed by atoms with Crippen LogP contribution in [0.4, 0.5) is 22.9 Å². The maximum absolute atomic E-state index is 6.15. The minimum absolute atomic E-state index is 0.711. The van der Waals surface area contributed by atoms with Gasteiger partial charge in [-0.15, -0.1) is 0 Å². The molecule has 1 aliphatic rings. The number of aromatic nitrogens is 3. The van der Waals surface area contributed by atoms with Gasteiger partial charge in [0, 0.05) is 60.5 Å². The van der Waals surface area contributed by atoms with E-state index in [0.717, 1.165) is 49.0 Å². The Morgan fingerprint density at radius 3 is 2.17 bits per heavy atom. The van der Waals surface area contributed by atoms with Gasteiger partial charge >= 0.3 is 0 Å². The van der Waals surface area contributed by atoms with E-state index in [4.69, 9.17) is 11.6 Å². The van der Waals surface area contributed by atoms with E-state index < -0.39 is 0 Å². The molecule has 3 heterocycles. The van der Waals surface area contributed by atoms with Crippen LogP contribution in [0.25, 0.3) is 5.65 Å².